The quantitative estimate of drug-likeness (QED) is 0.766. The highest BCUT2D eigenvalue weighted by Gasteiger charge is 2.43. The van der Waals surface area contributed by atoms with Crippen LogP contribution in [0.1, 0.15) is 23.3 Å². The van der Waals surface area contributed by atoms with E-state index in [0.717, 1.165) is 32.4 Å². The van der Waals surface area contributed by atoms with Crippen molar-refractivity contribution in [1.82, 2.24) is 4.90 Å². The van der Waals surface area contributed by atoms with E-state index in [1.54, 1.807) is 7.11 Å². The fourth-order valence-electron chi connectivity index (χ4n) is 2.91. The molecule has 17 heavy (non-hydrogen) atoms. The van der Waals surface area contributed by atoms with Gasteiger partial charge in [0.25, 0.3) is 0 Å². The average Bonchev–Trinajstić information content (AvgIpc) is 2.82. The molecule has 3 heterocycles. The third kappa shape index (κ3) is 1.93. The SMILES string of the molecule is COC1Cc2sccc2C2(CCN(C)CC2)O1. The fourth-order valence-corrected chi connectivity index (χ4v) is 3.89. The maximum Gasteiger partial charge on any atom is 0.163 e. The molecule has 1 unspecified atom stereocenters. The average molecular weight is 253 g/mol. The van der Waals surface area contributed by atoms with Crippen LogP contribution in [0.2, 0.25) is 0 Å². The summed E-state index contributed by atoms with van der Waals surface area (Å²) in [5.41, 5.74) is 1.34. The Morgan fingerprint density at radius 2 is 2.24 bits per heavy atom. The highest BCUT2D eigenvalue weighted by Crippen LogP contribution is 2.44. The Kier molecular flexibility index (Phi) is 2.99. The largest absolute Gasteiger partial charge is 0.355 e. The Morgan fingerprint density at radius 3 is 2.94 bits per heavy atom. The molecule has 1 saturated heterocycles. The number of likely N-dealkylation sites (tertiary alicyclic amines) is 1. The van der Waals surface area contributed by atoms with Crippen molar-refractivity contribution < 1.29 is 9.47 Å². The summed E-state index contributed by atoms with van der Waals surface area (Å²) < 4.78 is 11.7. The van der Waals surface area contributed by atoms with Crippen molar-refractivity contribution in [3.05, 3.63) is 21.9 Å². The molecule has 1 fully saturated rings. The summed E-state index contributed by atoms with van der Waals surface area (Å²) in [6.45, 7) is 2.21. The topological polar surface area (TPSA) is 21.7 Å². The van der Waals surface area contributed by atoms with Gasteiger partial charge in [0.2, 0.25) is 0 Å². The van der Waals surface area contributed by atoms with Crippen LogP contribution < -0.4 is 0 Å². The number of rotatable bonds is 1. The van der Waals surface area contributed by atoms with Crippen molar-refractivity contribution in [3.63, 3.8) is 0 Å². The van der Waals surface area contributed by atoms with Crippen LogP contribution in [0.5, 0.6) is 0 Å². The van der Waals surface area contributed by atoms with Crippen LogP contribution in [0.15, 0.2) is 11.4 Å². The van der Waals surface area contributed by atoms with Crippen molar-refractivity contribution in [2.45, 2.75) is 31.2 Å². The Labute approximate surface area is 106 Å². The van der Waals surface area contributed by atoms with E-state index >= 15 is 0 Å². The lowest BCUT2D eigenvalue weighted by molar-refractivity contribution is -0.225. The minimum atomic E-state index is -0.0826. The van der Waals surface area contributed by atoms with Gasteiger partial charge in [0, 0.05) is 31.5 Å². The Bertz CT molecular complexity index is 396. The monoisotopic (exact) mass is 253 g/mol. The lowest BCUT2D eigenvalue weighted by atomic mass is 9.82. The van der Waals surface area contributed by atoms with Crippen LogP contribution in [0.3, 0.4) is 0 Å². The molecule has 0 radical (unpaired) electrons. The Morgan fingerprint density at radius 1 is 1.47 bits per heavy atom. The second kappa shape index (κ2) is 4.35. The lowest BCUT2D eigenvalue weighted by Crippen LogP contribution is -2.47. The van der Waals surface area contributed by atoms with Crippen LogP contribution in [-0.4, -0.2) is 38.4 Å². The van der Waals surface area contributed by atoms with Crippen molar-refractivity contribution in [2.24, 2.45) is 0 Å². The van der Waals surface area contributed by atoms with Gasteiger partial charge < -0.3 is 14.4 Å². The van der Waals surface area contributed by atoms with Crippen LogP contribution in [0, 0.1) is 0 Å². The number of fused-ring (bicyclic) bond motifs is 2. The predicted octanol–water partition coefficient (Wildman–Crippen LogP) is 2.21. The first-order chi connectivity index (χ1) is 8.23. The van der Waals surface area contributed by atoms with Gasteiger partial charge in [-0.2, -0.15) is 0 Å². The van der Waals surface area contributed by atoms with Gasteiger partial charge in [0.1, 0.15) is 0 Å². The molecule has 1 aromatic rings. The summed E-state index contributed by atoms with van der Waals surface area (Å²) in [5.74, 6) is 0. The molecule has 3 nitrogen and oxygen atoms in total. The summed E-state index contributed by atoms with van der Waals surface area (Å²) in [6, 6.07) is 2.25. The van der Waals surface area contributed by atoms with E-state index in [2.05, 4.69) is 23.4 Å². The summed E-state index contributed by atoms with van der Waals surface area (Å²) in [7, 11) is 3.92. The highest BCUT2D eigenvalue weighted by atomic mass is 32.1. The molecule has 1 aromatic heterocycles. The van der Waals surface area contributed by atoms with Gasteiger partial charge in [-0.25, -0.2) is 0 Å². The van der Waals surface area contributed by atoms with Crippen molar-refractivity contribution in [3.8, 4) is 0 Å². The first-order valence-electron chi connectivity index (χ1n) is 6.19. The van der Waals surface area contributed by atoms with Crippen molar-refractivity contribution >= 4 is 11.3 Å². The molecular formula is C13H19NO2S. The molecule has 1 atom stereocenters. The maximum atomic E-state index is 6.25. The number of ether oxygens (including phenoxy) is 2. The fraction of sp³-hybridized carbons (Fsp3) is 0.692. The van der Waals surface area contributed by atoms with Gasteiger partial charge in [-0.3, -0.25) is 0 Å². The van der Waals surface area contributed by atoms with E-state index in [1.165, 1.54) is 10.4 Å². The summed E-state index contributed by atoms with van der Waals surface area (Å²) in [4.78, 5) is 3.82. The molecule has 0 amide bonds. The first-order valence-corrected chi connectivity index (χ1v) is 7.07. The van der Waals surface area contributed by atoms with E-state index < -0.39 is 0 Å². The van der Waals surface area contributed by atoms with Crippen LogP contribution >= 0.6 is 11.3 Å². The third-order valence-corrected chi connectivity index (χ3v) is 4.95. The number of nitrogens with zero attached hydrogens (tertiary/aromatic N) is 1. The normalized spacial score (nSPS) is 28.2. The molecule has 0 bridgehead atoms. The number of thiophene rings is 1. The number of piperidine rings is 1. The second-order valence-electron chi connectivity index (χ2n) is 5.04. The first kappa shape index (κ1) is 11.7. The number of hydrogen-bond donors (Lipinski definition) is 0. The molecule has 0 N–H and O–H groups in total. The molecule has 0 aromatic carbocycles. The van der Waals surface area contributed by atoms with E-state index in [-0.39, 0.29) is 11.9 Å². The van der Waals surface area contributed by atoms with Gasteiger partial charge in [0.05, 0.1) is 5.60 Å². The summed E-state index contributed by atoms with van der Waals surface area (Å²) in [5, 5.41) is 2.19. The number of methoxy groups -OCH3 is 1. The standard InChI is InChI=1S/C13H19NO2S/c1-14-6-4-13(5-7-14)10-3-8-17-11(10)9-12(15-2)16-13/h3,8,12H,4-7,9H2,1-2H3. The zero-order chi connectivity index (χ0) is 11.9. The maximum absolute atomic E-state index is 6.25. The molecule has 3 rings (SSSR count). The van der Waals surface area contributed by atoms with E-state index in [1.807, 2.05) is 11.3 Å². The van der Waals surface area contributed by atoms with Gasteiger partial charge in [-0.1, -0.05) is 0 Å². The molecule has 2 aliphatic heterocycles. The highest BCUT2D eigenvalue weighted by molar-refractivity contribution is 7.10. The van der Waals surface area contributed by atoms with Crippen LogP contribution in [-0.2, 0) is 21.5 Å². The summed E-state index contributed by atoms with van der Waals surface area (Å²) >= 11 is 1.84. The van der Waals surface area contributed by atoms with E-state index in [9.17, 15) is 0 Å². The third-order valence-electron chi connectivity index (χ3n) is 4.00. The molecule has 94 valence electrons. The molecule has 0 saturated carbocycles. The zero-order valence-corrected chi connectivity index (χ0v) is 11.3. The molecule has 4 heteroatoms. The molecule has 1 spiro atoms. The van der Waals surface area contributed by atoms with E-state index in [0.29, 0.717) is 0 Å². The Balaban J connectivity index is 1.94. The molecular weight excluding hydrogens is 234 g/mol. The predicted molar refractivity (Wildman–Crippen MR) is 68.3 cm³/mol. The van der Waals surface area contributed by atoms with E-state index in [4.69, 9.17) is 9.47 Å². The zero-order valence-electron chi connectivity index (χ0n) is 10.4. The minimum Gasteiger partial charge on any atom is -0.355 e. The van der Waals surface area contributed by atoms with Crippen LogP contribution in [0.4, 0.5) is 0 Å². The van der Waals surface area contributed by atoms with Gasteiger partial charge in [0.15, 0.2) is 6.29 Å². The smallest absolute Gasteiger partial charge is 0.163 e. The molecule has 0 aliphatic carbocycles. The summed E-state index contributed by atoms with van der Waals surface area (Å²) in [6.07, 6.45) is 2.99. The minimum absolute atomic E-state index is 0.0652. The number of hydrogen-bond acceptors (Lipinski definition) is 4. The second-order valence-corrected chi connectivity index (χ2v) is 6.04. The van der Waals surface area contributed by atoms with Crippen molar-refractivity contribution in [1.29, 1.82) is 0 Å². The van der Waals surface area contributed by atoms with Gasteiger partial charge in [-0.05, 0) is 36.9 Å². The van der Waals surface area contributed by atoms with Gasteiger partial charge in [-0.15, -0.1) is 11.3 Å². The Hall–Kier alpha value is -0.420. The van der Waals surface area contributed by atoms with Gasteiger partial charge >= 0.3 is 0 Å². The van der Waals surface area contributed by atoms with Crippen LogP contribution in [0.25, 0.3) is 0 Å². The lowest BCUT2D eigenvalue weighted by Gasteiger charge is -2.45. The van der Waals surface area contributed by atoms with Crippen molar-refractivity contribution in [2.75, 3.05) is 27.2 Å². The molecule has 2 aliphatic rings.